The minimum atomic E-state index is -0.186. The van der Waals surface area contributed by atoms with E-state index in [-0.39, 0.29) is 24.5 Å². The summed E-state index contributed by atoms with van der Waals surface area (Å²) < 4.78 is 5.53. The van der Waals surface area contributed by atoms with Crippen LogP contribution in [-0.2, 0) is 4.79 Å². The van der Waals surface area contributed by atoms with Gasteiger partial charge in [0.15, 0.2) is 6.61 Å². The van der Waals surface area contributed by atoms with Gasteiger partial charge in [-0.25, -0.2) is 0 Å². The molecule has 1 saturated carbocycles. The summed E-state index contributed by atoms with van der Waals surface area (Å²) in [5.41, 5.74) is 1.21. The van der Waals surface area contributed by atoms with Gasteiger partial charge in [-0.15, -0.1) is 0 Å². The van der Waals surface area contributed by atoms with Crippen LogP contribution >= 0.6 is 0 Å². The molecule has 0 saturated heterocycles. The SMILES string of the molecule is C[C@@H](NC(=O)COc1cccc(NC(=O)c2ccccc2)c1)C1CC1. The lowest BCUT2D eigenvalue weighted by Crippen LogP contribution is -2.37. The van der Waals surface area contributed by atoms with Gasteiger partial charge in [0.25, 0.3) is 11.8 Å². The molecule has 1 fully saturated rings. The lowest BCUT2D eigenvalue weighted by atomic mass is 10.2. The number of nitrogens with one attached hydrogen (secondary N) is 2. The van der Waals surface area contributed by atoms with E-state index in [1.54, 1.807) is 36.4 Å². The van der Waals surface area contributed by atoms with Crippen molar-refractivity contribution in [3.8, 4) is 5.75 Å². The van der Waals surface area contributed by atoms with Gasteiger partial charge in [-0.3, -0.25) is 9.59 Å². The van der Waals surface area contributed by atoms with Crippen molar-refractivity contribution in [2.24, 2.45) is 5.92 Å². The highest BCUT2D eigenvalue weighted by molar-refractivity contribution is 6.04. The van der Waals surface area contributed by atoms with Crippen LogP contribution in [0.5, 0.6) is 5.75 Å². The van der Waals surface area contributed by atoms with Gasteiger partial charge in [-0.05, 0) is 49.9 Å². The Labute approximate surface area is 147 Å². The Morgan fingerprint density at radius 1 is 1.12 bits per heavy atom. The molecule has 130 valence electrons. The molecule has 5 nitrogen and oxygen atoms in total. The molecule has 0 bridgehead atoms. The van der Waals surface area contributed by atoms with Gasteiger partial charge >= 0.3 is 0 Å². The van der Waals surface area contributed by atoms with E-state index in [1.807, 2.05) is 25.1 Å². The number of hydrogen-bond acceptors (Lipinski definition) is 3. The summed E-state index contributed by atoms with van der Waals surface area (Å²) in [6.07, 6.45) is 2.37. The third-order valence-electron chi connectivity index (χ3n) is 4.22. The minimum absolute atomic E-state index is 0.0346. The summed E-state index contributed by atoms with van der Waals surface area (Å²) in [6.45, 7) is 1.99. The number of hydrogen-bond donors (Lipinski definition) is 2. The zero-order chi connectivity index (χ0) is 17.6. The van der Waals surface area contributed by atoms with Gasteiger partial charge in [0.05, 0.1) is 0 Å². The van der Waals surface area contributed by atoms with Gasteiger partial charge in [-0.1, -0.05) is 24.3 Å². The lowest BCUT2D eigenvalue weighted by molar-refractivity contribution is -0.123. The first-order valence-corrected chi connectivity index (χ1v) is 8.50. The molecule has 1 aliphatic rings. The Morgan fingerprint density at radius 2 is 1.88 bits per heavy atom. The van der Waals surface area contributed by atoms with Gasteiger partial charge in [0.2, 0.25) is 0 Å². The molecule has 2 aromatic rings. The first kappa shape index (κ1) is 17.0. The summed E-state index contributed by atoms with van der Waals surface area (Å²) in [7, 11) is 0. The molecule has 0 spiro atoms. The summed E-state index contributed by atoms with van der Waals surface area (Å²) in [5, 5.41) is 5.77. The molecule has 1 aliphatic carbocycles. The average Bonchev–Trinajstić information content (AvgIpc) is 3.46. The largest absolute Gasteiger partial charge is 0.484 e. The third kappa shape index (κ3) is 5.08. The zero-order valence-electron chi connectivity index (χ0n) is 14.2. The normalized spacial score (nSPS) is 14.4. The fourth-order valence-electron chi connectivity index (χ4n) is 2.61. The van der Waals surface area contributed by atoms with E-state index in [2.05, 4.69) is 10.6 Å². The van der Waals surface area contributed by atoms with Crippen molar-refractivity contribution in [2.45, 2.75) is 25.8 Å². The molecule has 0 unspecified atom stereocenters. The van der Waals surface area contributed by atoms with Gasteiger partial charge < -0.3 is 15.4 Å². The maximum absolute atomic E-state index is 12.2. The highest BCUT2D eigenvalue weighted by Crippen LogP contribution is 2.32. The van der Waals surface area contributed by atoms with Crippen molar-refractivity contribution in [3.63, 3.8) is 0 Å². The van der Waals surface area contributed by atoms with Crippen molar-refractivity contribution in [2.75, 3.05) is 11.9 Å². The zero-order valence-corrected chi connectivity index (χ0v) is 14.2. The van der Waals surface area contributed by atoms with Crippen molar-refractivity contribution >= 4 is 17.5 Å². The average molecular weight is 338 g/mol. The number of benzene rings is 2. The Hall–Kier alpha value is -2.82. The highest BCUT2D eigenvalue weighted by atomic mass is 16.5. The fourth-order valence-corrected chi connectivity index (χ4v) is 2.61. The Morgan fingerprint density at radius 3 is 2.60 bits per heavy atom. The van der Waals surface area contributed by atoms with Crippen molar-refractivity contribution < 1.29 is 14.3 Å². The summed E-state index contributed by atoms with van der Waals surface area (Å²) in [6, 6.07) is 16.2. The van der Waals surface area contributed by atoms with Crippen molar-refractivity contribution in [1.82, 2.24) is 5.32 Å². The second-order valence-corrected chi connectivity index (χ2v) is 6.33. The number of rotatable bonds is 7. The predicted octanol–water partition coefficient (Wildman–Crippen LogP) is 3.23. The molecular weight excluding hydrogens is 316 g/mol. The molecule has 0 aromatic heterocycles. The molecule has 5 heteroatoms. The standard InChI is InChI=1S/C20H22N2O3/c1-14(15-10-11-15)21-19(23)13-25-18-9-5-8-17(12-18)22-20(24)16-6-3-2-4-7-16/h2-9,12,14-15H,10-11,13H2,1H3,(H,21,23)(H,22,24)/t14-/m1/s1. The molecule has 1 atom stereocenters. The lowest BCUT2D eigenvalue weighted by Gasteiger charge is -2.13. The molecule has 2 amide bonds. The van der Waals surface area contributed by atoms with Crippen molar-refractivity contribution in [3.05, 3.63) is 60.2 Å². The quantitative estimate of drug-likeness (QED) is 0.814. The van der Waals surface area contributed by atoms with Gasteiger partial charge in [0.1, 0.15) is 5.75 Å². The monoisotopic (exact) mass is 338 g/mol. The second kappa shape index (κ2) is 7.83. The van der Waals surface area contributed by atoms with Crippen LogP contribution in [0, 0.1) is 5.92 Å². The molecule has 25 heavy (non-hydrogen) atoms. The fraction of sp³-hybridized carbons (Fsp3) is 0.300. The maximum Gasteiger partial charge on any atom is 0.258 e. The third-order valence-corrected chi connectivity index (χ3v) is 4.22. The van der Waals surface area contributed by atoms with Crippen LogP contribution in [0.4, 0.5) is 5.69 Å². The molecule has 2 aromatic carbocycles. The van der Waals surface area contributed by atoms with Crippen molar-refractivity contribution in [1.29, 1.82) is 0 Å². The molecule has 0 radical (unpaired) electrons. The van der Waals surface area contributed by atoms with E-state index in [9.17, 15) is 9.59 Å². The number of amides is 2. The van der Waals surface area contributed by atoms with Gasteiger partial charge in [-0.2, -0.15) is 0 Å². The number of carbonyl (C=O) groups is 2. The summed E-state index contributed by atoms with van der Waals surface area (Å²) in [5.74, 6) is 0.840. The first-order valence-electron chi connectivity index (χ1n) is 8.50. The number of ether oxygens (including phenoxy) is 1. The van der Waals surface area contributed by atoms with Crippen LogP contribution in [0.1, 0.15) is 30.1 Å². The molecular formula is C20H22N2O3. The van der Waals surface area contributed by atoms with E-state index in [0.29, 0.717) is 22.9 Å². The maximum atomic E-state index is 12.2. The predicted molar refractivity (Wildman–Crippen MR) is 96.7 cm³/mol. The highest BCUT2D eigenvalue weighted by Gasteiger charge is 2.28. The molecule has 0 heterocycles. The number of anilines is 1. The van der Waals surface area contributed by atoms with Crippen LogP contribution in [0.15, 0.2) is 54.6 Å². The Balaban J connectivity index is 1.52. The van der Waals surface area contributed by atoms with Gasteiger partial charge in [0, 0.05) is 23.4 Å². The summed E-state index contributed by atoms with van der Waals surface area (Å²) >= 11 is 0. The van der Waals surface area contributed by atoms with Crippen LogP contribution in [0.3, 0.4) is 0 Å². The van der Waals surface area contributed by atoms with E-state index < -0.39 is 0 Å². The van der Waals surface area contributed by atoms with Crippen LogP contribution in [0.2, 0.25) is 0 Å². The molecule has 3 rings (SSSR count). The molecule has 0 aliphatic heterocycles. The number of carbonyl (C=O) groups excluding carboxylic acids is 2. The Kier molecular flexibility index (Phi) is 5.33. The summed E-state index contributed by atoms with van der Waals surface area (Å²) in [4.78, 5) is 24.1. The second-order valence-electron chi connectivity index (χ2n) is 6.33. The topological polar surface area (TPSA) is 67.4 Å². The Bertz CT molecular complexity index is 742. The van der Waals surface area contributed by atoms with E-state index in [1.165, 1.54) is 12.8 Å². The molecule has 2 N–H and O–H groups in total. The first-order chi connectivity index (χ1) is 12.1. The van der Waals surface area contributed by atoms with Crippen LogP contribution in [-0.4, -0.2) is 24.5 Å². The van der Waals surface area contributed by atoms with E-state index >= 15 is 0 Å². The minimum Gasteiger partial charge on any atom is -0.484 e. The van der Waals surface area contributed by atoms with Crippen LogP contribution in [0.25, 0.3) is 0 Å². The smallest absolute Gasteiger partial charge is 0.258 e. The van der Waals surface area contributed by atoms with E-state index in [4.69, 9.17) is 4.74 Å². The van der Waals surface area contributed by atoms with Crippen LogP contribution < -0.4 is 15.4 Å². The van der Waals surface area contributed by atoms with E-state index in [0.717, 1.165) is 0 Å².